The number of hydrogen-bond donors (Lipinski definition) is 1. The van der Waals surface area contributed by atoms with Crippen LogP contribution in [0, 0.1) is 0 Å². The fraction of sp³-hybridized carbons (Fsp3) is 0.333. The Bertz CT molecular complexity index is 532. The van der Waals surface area contributed by atoms with Crippen molar-refractivity contribution in [1.29, 1.82) is 0 Å². The maximum absolute atomic E-state index is 3.61. The van der Waals surface area contributed by atoms with Crippen molar-refractivity contribution >= 4 is 0 Å². The highest BCUT2D eigenvalue weighted by Gasteiger charge is 2.26. The molecule has 0 fully saturated rings. The van der Waals surface area contributed by atoms with E-state index in [1.807, 2.05) is 0 Å². The maximum Gasteiger partial charge on any atom is 0.0323 e. The Kier molecular flexibility index (Phi) is 3.65. The van der Waals surface area contributed by atoms with Crippen molar-refractivity contribution in [1.82, 2.24) is 5.32 Å². The molecule has 2 aromatic carbocycles. The van der Waals surface area contributed by atoms with Crippen LogP contribution in [-0.2, 0) is 0 Å². The highest BCUT2D eigenvalue weighted by molar-refractivity contribution is 5.41. The topological polar surface area (TPSA) is 12.0 Å². The van der Waals surface area contributed by atoms with Gasteiger partial charge in [0, 0.05) is 12.0 Å². The fourth-order valence-electron chi connectivity index (χ4n) is 3.28. The standard InChI is InChI=1S/C18H21N/c1-2-19-18-13-12-15(14-8-4-3-5-9-14)16-10-6-7-11-17(16)18/h3-11,15,18-19H,2,12-13H2,1H3/t15-,18+/m1/s1. The van der Waals surface area contributed by atoms with Crippen LogP contribution in [0.1, 0.15) is 48.4 Å². The summed E-state index contributed by atoms with van der Waals surface area (Å²) < 4.78 is 0. The van der Waals surface area contributed by atoms with Gasteiger partial charge in [0.2, 0.25) is 0 Å². The summed E-state index contributed by atoms with van der Waals surface area (Å²) in [5.41, 5.74) is 4.44. The largest absolute Gasteiger partial charge is 0.310 e. The van der Waals surface area contributed by atoms with Gasteiger partial charge >= 0.3 is 0 Å². The van der Waals surface area contributed by atoms with E-state index in [-0.39, 0.29) is 0 Å². The molecule has 1 aliphatic rings. The molecule has 0 aromatic heterocycles. The van der Waals surface area contributed by atoms with E-state index in [0.717, 1.165) is 6.54 Å². The van der Waals surface area contributed by atoms with E-state index >= 15 is 0 Å². The molecule has 2 aromatic rings. The predicted octanol–water partition coefficient (Wildman–Crippen LogP) is 4.26. The lowest BCUT2D eigenvalue weighted by atomic mass is 9.77. The highest BCUT2D eigenvalue weighted by atomic mass is 14.9. The third-order valence-electron chi connectivity index (χ3n) is 4.14. The Hall–Kier alpha value is -1.60. The Morgan fingerprint density at radius 2 is 1.58 bits per heavy atom. The van der Waals surface area contributed by atoms with Crippen molar-refractivity contribution < 1.29 is 0 Å². The van der Waals surface area contributed by atoms with Crippen LogP contribution in [0.5, 0.6) is 0 Å². The van der Waals surface area contributed by atoms with Crippen molar-refractivity contribution in [3.63, 3.8) is 0 Å². The molecule has 0 radical (unpaired) electrons. The third kappa shape index (κ3) is 2.43. The maximum atomic E-state index is 3.61. The first kappa shape index (κ1) is 12.4. The lowest BCUT2D eigenvalue weighted by Gasteiger charge is -2.32. The molecule has 0 saturated carbocycles. The molecule has 0 unspecified atom stereocenters. The molecule has 2 atom stereocenters. The van der Waals surface area contributed by atoms with Crippen LogP contribution in [0.3, 0.4) is 0 Å². The summed E-state index contributed by atoms with van der Waals surface area (Å²) >= 11 is 0. The molecule has 1 heteroatoms. The van der Waals surface area contributed by atoms with Gasteiger partial charge in [-0.05, 0) is 36.1 Å². The van der Waals surface area contributed by atoms with Crippen LogP contribution >= 0.6 is 0 Å². The molecule has 1 aliphatic carbocycles. The first-order valence-corrected chi connectivity index (χ1v) is 7.27. The molecule has 0 bridgehead atoms. The van der Waals surface area contributed by atoms with Crippen LogP contribution in [-0.4, -0.2) is 6.54 Å². The average molecular weight is 251 g/mol. The molecular formula is C18H21N. The molecule has 98 valence electrons. The van der Waals surface area contributed by atoms with E-state index in [9.17, 15) is 0 Å². The van der Waals surface area contributed by atoms with Crippen molar-refractivity contribution in [3.05, 3.63) is 71.3 Å². The van der Waals surface area contributed by atoms with Crippen LogP contribution in [0.4, 0.5) is 0 Å². The molecule has 3 rings (SSSR count). The lowest BCUT2D eigenvalue weighted by molar-refractivity contribution is 0.450. The molecule has 0 heterocycles. The van der Waals surface area contributed by atoms with E-state index in [2.05, 4.69) is 66.8 Å². The summed E-state index contributed by atoms with van der Waals surface area (Å²) in [5, 5.41) is 3.61. The van der Waals surface area contributed by atoms with E-state index < -0.39 is 0 Å². The average Bonchev–Trinajstić information content (AvgIpc) is 2.49. The van der Waals surface area contributed by atoms with Gasteiger partial charge in [-0.25, -0.2) is 0 Å². The first-order chi connectivity index (χ1) is 9.40. The van der Waals surface area contributed by atoms with Gasteiger partial charge in [0.05, 0.1) is 0 Å². The molecule has 0 amide bonds. The minimum absolute atomic E-state index is 0.529. The van der Waals surface area contributed by atoms with E-state index in [0.29, 0.717) is 12.0 Å². The Morgan fingerprint density at radius 1 is 0.895 bits per heavy atom. The second-order valence-electron chi connectivity index (χ2n) is 5.28. The minimum atomic E-state index is 0.529. The van der Waals surface area contributed by atoms with Gasteiger partial charge in [-0.3, -0.25) is 0 Å². The minimum Gasteiger partial charge on any atom is -0.310 e. The SMILES string of the molecule is CCN[C@H]1CC[C@H](c2ccccc2)c2ccccc21. The van der Waals surface area contributed by atoms with Gasteiger partial charge in [-0.2, -0.15) is 0 Å². The molecular weight excluding hydrogens is 230 g/mol. The first-order valence-electron chi connectivity index (χ1n) is 7.27. The monoisotopic (exact) mass is 251 g/mol. The summed E-state index contributed by atoms with van der Waals surface area (Å²) in [5.74, 6) is 0.562. The van der Waals surface area contributed by atoms with Gasteiger partial charge in [0.1, 0.15) is 0 Å². The van der Waals surface area contributed by atoms with E-state index in [4.69, 9.17) is 0 Å². The summed E-state index contributed by atoms with van der Waals surface area (Å²) in [7, 11) is 0. The number of hydrogen-bond acceptors (Lipinski definition) is 1. The van der Waals surface area contributed by atoms with Crippen LogP contribution in [0.15, 0.2) is 54.6 Å². The summed E-state index contributed by atoms with van der Waals surface area (Å²) in [6.45, 7) is 3.22. The van der Waals surface area contributed by atoms with Crippen LogP contribution in [0.25, 0.3) is 0 Å². The number of benzene rings is 2. The van der Waals surface area contributed by atoms with Crippen molar-refractivity contribution in [2.75, 3.05) is 6.54 Å². The molecule has 1 nitrogen and oxygen atoms in total. The van der Waals surface area contributed by atoms with Crippen LogP contribution in [0.2, 0.25) is 0 Å². The zero-order chi connectivity index (χ0) is 13.1. The third-order valence-corrected chi connectivity index (χ3v) is 4.14. The zero-order valence-electron chi connectivity index (χ0n) is 11.5. The molecule has 1 N–H and O–H groups in total. The smallest absolute Gasteiger partial charge is 0.0323 e. The molecule has 0 saturated heterocycles. The van der Waals surface area contributed by atoms with Gasteiger partial charge < -0.3 is 5.32 Å². The normalized spacial score (nSPS) is 21.9. The highest BCUT2D eigenvalue weighted by Crippen LogP contribution is 2.40. The van der Waals surface area contributed by atoms with E-state index in [1.165, 1.54) is 29.5 Å². The van der Waals surface area contributed by atoms with Gasteiger partial charge in [-0.1, -0.05) is 61.5 Å². The zero-order valence-corrected chi connectivity index (χ0v) is 11.5. The van der Waals surface area contributed by atoms with Crippen molar-refractivity contribution in [2.24, 2.45) is 0 Å². The lowest BCUT2D eigenvalue weighted by Crippen LogP contribution is -2.26. The Morgan fingerprint density at radius 3 is 2.32 bits per heavy atom. The van der Waals surface area contributed by atoms with Gasteiger partial charge in [0.25, 0.3) is 0 Å². The summed E-state index contributed by atoms with van der Waals surface area (Å²) in [6, 6.07) is 20.4. The predicted molar refractivity (Wildman–Crippen MR) is 80.4 cm³/mol. The van der Waals surface area contributed by atoms with E-state index in [1.54, 1.807) is 0 Å². The number of rotatable bonds is 3. The quantitative estimate of drug-likeness (QED) is 0.859. The van der Waals surface area contributed by atoms with Crippen LogP contribution < -0.4 is 5.32 Å². The Labute approximate surface area is 115 Å². The number of nitrogens with one attached hydrogen (secondary N) is 1. The second kappa shape index (κ2) is 5.58. The molecule has 19 heavy (non-hydrogen) atoms. The molecule has 0 spiro atoms. The summed E-state index contributed by atoms with van der Waals surface area (Å²) in [4.78, 5) is 0. The fourth-order valence-corrected chi connectivity index (χ4v) is 3.28. The summed E-state index contributed by atoms with van der Waals surface area (Å²) in [6.07, 6.45) is 2.46. The van der Waals surface area contributed by atoms with Gasteiger partial charge in [0.15, 0.2) is 0 Å². The number of fused-ring (bicyclic) bond motifs is 1. The molecule has 0 aliphatic heterocycles. The second-order valence-corrected chi connectivity index (χ2v) is 5.28. The van der Waals surface area contributed by atoms with Crippen molar-refractivity contribution in [3.8, 4) is 0 Å². The Balaban J connectivity index is 1.99. The van der Waals surface area contributed by atoms with Gasteiger partial charge in [-0.15, -0.1) is 0 Å². The van der Waals surface area contributed by atoms with Crippen molar-refractivity contribution in [2.45, 2.75) is 31.7 Å².